The molecule has 0 spiro atoms. The van der Waals surface area contributed by atoms with Crippen LogP contribution in [0.15, 0.2) is 35.9 Å². The minimum Gasteiger partial charge on any atom is -0.458 e. The summed E-state index contributed by atoms with van der Waals surface area (Å²) in [6, 6.07) is 6.00. The lowest BCUT2D eigenvalue weighted by Crippen LogP contribution is -2.62. The Bertz CT molecular complexity index is 1280. The number of aliphatic hydroxyl groups excluding tert-OH is 1. The van der Waals surface area contributed by atoms with Gasteiger partial charge in [0.05, 0.1) is 12.5 Å². The smallest absolute Gasteiger partial charge is 0.306 e. The lowest BCUT2D eigenvalue weighted by atomic mass is 9.45. The Hall–Kier alpha value is -2.91. The van der Waals surface area contributed by atoms with Crippen molar-refractivity contribution in [2.24, 2.45) is 28.6 Å². The van der Waals surface area contributed by atoms with Crippen LogP contribution in [0.2, 0.25) is 0 Å². The summed E-state index contributed by atoms with van der Waals surface area (Å²) in [5.41, 5.74) is -0.836. The Labute approximate surface area is 246 Å². The molecule has 0 bridgehead atoms. The number of amides is 1. The van der Waals surface area contributed by atoms with E-state index in [1.807, 2.05) is 6.92 Å². The van der Waals surface area contributed by atoms with Crippen LogP contribution in [0, 0.1) is 34.4 Å². The van der Waals surface area contributed by atoms with Gasteiger partial charge in [-0.1, -0.05) is 31.6 Å². The first kappa shape index (κ1) is 30.5. The Morgan fingerprint density at radius 1 is 1.07 bits per heavy atom. The lowest BCUT2D eigenvalue weighted by Gasteiger charge is -2.60. The highest BCUT2D eigenvalue weighted by Gasteiger charge is 2.68. The van der Waals surface area contributed by atoms with Crippen LogP contribution in [0.3, 0.4) is 0 Å². The van der Waals surface area contributed by atoms with E-state index in [1.165, 1.54) is 12.1 Å². The van der Waals surface area contributed by atoms with E-state index >= 15 is 0 Å². The molecule has 1 aromatic rings. The van der Waals surface area contributed by atoms with Crippen LogP contribution in [-0.4, -0.2) is 58.5 Å². The Kier molecular flexibility index (Phi) is 8.47. The third-order valence-electron chi connectivity index (χ3n) is 11.1. The number of carbonyl (C=O) groups is 4. The molecule has 1 amide bonds. The first-order valence-electron chi connectivity index (χ1n) is 15.2. The van der Waals surface area contributed by atoms with Crippen molar-refractivity contribution < 1.29 is 38.5 Å². The molecule has 0 saturated heterocycles. The maximum Gasteiger partial charge on any atom is 0.306 e. The Balaban J connectivity index is 1.13. The fourth-order valence-electron chi connectivity index (χ4n) is 8.79. The maximum absolute atomic E-state index is 13.4. The summed E-state index contributed by atoms with van der Waals surface area (Å²) in [7, 11) is 0. The number of rotatable bonds is 9. The third-order valence-corrected chi connectivity index (χ3v) is 11.1. The van der Waals surface area contributed by atoms with Gasteiger partial charge in [0.1, 0.15) is 11.4 Å². The minimum absolute atomic E-state index is 0.0270. The second kappa shape index (κ2) is 11.6. The van der Waals surface area contributed by atoms with E-state index in [0.29, 0.717) is 32.2 Å². The van der Waals surface area contributed by atoms with Crippen LogP contribution in [-0.2, 0) is 30.3 Å². The summed E-state index contributed by atoms with van der Waals surface area (Å²) in [4.78, 5) is 50.0. The highest BCUT2D eigenvalue weighted by molar-refractivity contribution is 5.92. The van der Waals surface area contributed by atoms with Crippen molar-refractivity contribution in [3.8, 4) is 0 Å². The zero-order valence-electron chi connectivity index (χ0n) is 24.5. The molecule has 0 radical (unpaired) electrons. The van der Waals surface area contributed by atoms with E-state index in [9.17, 15) is 33.8 Å². The zero-order chi connectivity index (χ0) is 30.3. The second-order valence-corrected chi connectivity index (χ2v) is 13.3. The SMILES string of the molecule is C[C@]12CCC(=O)C=C1CC[C@@H]1[C@@H]2[C@@H](O)C[C@@]2(C)[C@H]1CC[C@]2(O)C(=O)COC(=O)CCC(=O)NCCc1ccc(F)cc1. The number of nitrogens with one attached hydrogen (secondary N) is 1. The molecule has 0 heterocycles. The van der Waals surface area contributed by atoms with Crippen LogP contribution >= 0.6 is 0 Å². The molecule has 0 aliphatic heterocycles. The summed E-state index contributed by atoms with van der Waals surface area (Å²) in [5, 5.41) is 26.0. The molecule has 7 atom stereocenters. The van der Waals surface area contributed by atoms with E-state index in [4.69, 9.17) is 4.74 Å². The molecule has 42 heavy (non-hydrogen) atoms. The Morgan fingerprint density at radius 3 is 2.55 bits per heavy atom. The molecule has 4 aliphatic rings. The molecule has 0 aromatic heterocycles. The van der Waals surface area contributed by atoms with Gasteiger partial charge in [0.2, 0.25) is 11.7 Å². The van der Waals surface area contributed by atoms with Gasteiger partial charge in [-0.2, -0.15) is 0 Å². The standard InChI is InChI=1S/C33H42FNO7/c1-31-14-11-23(36)17-21(31)5-8-24-25-12-15-33(41,32(25,2)18-26(37)30(24)31)27(38)19-42-29(40)10-9-28(39)35-16-13-20-3-6-22(34)7-4-20/h3-4,6-7,17,24-26,30,37,41H,5,8-16,18-19H2,1-2H3,(H,35,39)/t24-,25-,26-,30+,31-,32-,33-/m0/s1. The zero-order valence-corrected chi connectivity index (χ0v) is 24.5. The predicted molar refractivity (Wildman–Crippen MR) is 151 cm³/mol. The van der Waals surface area contributed by atoms with Crippen molar-refractivity contribution in [2.75, 3.05) is 13.2 Å². The molecule has 5 rings (SSSR count). The van der Waals surface area contributed by atoms with Gasteiger partial charge in [0.15, 0.2) is 12.4 Å². The van der Waals surface area contributed by atoms with Gasteiger partial charge in [-0.3, -0.25) is 19.2 Å². The average Bonchev–Trinajstić information content (AvgIpc) is 3.22. The highest BCUT2D eigenvalue weighted by atomic mass is 19.1. The number of ether oxygens (including phenoxy) is 1. The van der Waals surface area contributed by atoms with Crippen LogP contribution in [0.1, 0.15) is 77.2 Å². The minimum atomic E-state index is -1.72. The molecule has 8 nitrogen and oxygen atoms in total. The summed E-state index contributed by atoms with van der Waals surface area (Å²) >= 11 is 0. The molecule has 1 aromatic carbocycles. The number of fused-ring (bicyclic) bond motifs is 5. The number of allylic oxidation sites excluding steroid dienone is 1. The molecular formula is C33H42FNO7. The largest absolute Gasteiger partial charge is 0.458 e. The third kappa shape index (κ3) is 5.46. The van der Waals surface area contributed by atoms with Gasteiger partial charge in [0.25, 0.3) is 0 Å². The van der Waals surface area contributed by atoms with E-state index in [1.54, 1.807) is 18.2 Å². The van der Waals surface area contributed by atoms with E-state index in [0.717, 1.165) is 24.0 Å². The molecule has 4 aliphatic carbocycles. The van der Waals surface area contributed by atoms with E-state index in [2.05, 4.69) is 12.2 Å². The topological polar surface area (TPSA) is 130 Å². The molecule has 3 fully saturated rings. The second-order valence-electron chi connectivity index (χ2n) is 13.3. The van der Waals surface area contributed by atoms with Crippen molar-refractivity contribution in [3.05, 3.63) is 47.3 Å². The fourth-order valence-corrected chi connectivity index (χ4v) is 8.79. The summed E-state index contributed by atoms with van der Waals surface area (Å²) < 4.78 is 18.2. The summed E-state index contributed by atoms with van der Waals surface area (Å²) in [5.74, 6) is -1.65. The fraction of sp³-hybridized carbons (Fsp3) is 0.636. The normalized spacial score (nSPS) is 35.4. The van der Waals surface area contributed by atoms with Crippen LogP contribution in [0.4, 0.5) is 4.39 Å². The molecule has 9 heteroatoms. The van der Waals surface area contributed by atoms with Gasteiger partial charge in [-0.05, 0) is 91.9 Å². The first-order chi connectivity index (χ1) is 19.9. The predicted octanol–water partition coefficient (Wildman–Crippen LogP) is 3.61. The van der Waals surface area contributed by atoms with Crippen LogP contribution in [0.5, 0.6) is 0 Å². The number of carbonyl (C=O) groups excluding carboxylic acids is 4. The van der Waals surface area contributed by atoms with Gasteiger partial charge < -0.3 is 20.3 Å². The monoisotopic (exact) mass is 583 g/mol. The quantitative estimate of drug-likeness (QED) is 0.379. The number of hydrogen-bond acceptors (Lipinski definition) is 7. The average molecular weight is 584 g/mol. The van der Waals surface area contributed by atoms with Crippen molar-refractivity contribution in [2.45, 2.75) is 89.8 Å². The summed E-state index contributed by atoms with van der Waals surface area (Å²) in [6.07, 6.45) is 5.22. The molecule has 3 N–H and O–H groups in total. The van der Waals surface area contributed by atoms with E-state index in [-0.39, 0.29) is 66.4 Å². The Morgan fingerprint density at radius 2 is 1.81 bits per heavy atom. The molecular weight excluding hydrogens is 541 g/mol. The number of esters is 1. The first-order valence-corrected chi connectivity index (χ1v) is 15.2. The van der Waals surface area contributed by atoms with Gasteiger partial charge in [0, 0.05) is 24.8 Å². The number of hydrogen-bond donors (Lipinski definition) is 3. The number of ketones is 2. The number of benzene rings is 1. The van der Waals surface area contributed by atoms with Gasteiger partial charge in [-0.15, -0.1) is 0 Å². The van der Waals surface area contributed by atoms with Crippen molar-refractivity contribution in [1.29, 1.82) is 0 Å². The van der Waals surface area contributed by atoms with Crippen molar-refractivity contribution >= 4 is 23.4 Å². The summed E-state index contributed by atoms with van der Waals surface area (Å²) in [6.45, 7) is 3.80. The van der Waals surface area contributed by atoms with E-state index < -0.39 is 35.5 Å². The van der Waals surface area contributed by atoms with Crippen LogP contribution < -0.4 is 5.32 Å². The number of Topliss-reactive ketones (excluding diaryl/α,β-unsaturated/α-hetero) is 1. The number of halogens is 1. The molecule has 228 valence electrons. The highest BCUT2D eigenvalue weighted by Crippen LogP contribution is 2.67. The number of aliphatic hydroxyl groups is 2. The van der Waals surface area contributed by atoms with Crippen molar-refractivity contribution in [3.63, 3.8) is 0 Å². The van der Waals surface area contributed by atoms with Crippen LogP contribution in [0.25, 0.3) is 0 Å². The van der Waals surface area contributed by atoms with Gasteiger partial charge >= 0.3 is 5.97 Å². The van der Waals surface area contributed by atoms with Gasteiger partial charge in [-0.25, -0.2) is 4.39 Å². The molecule has 3 saturated carbocycles. The lowest BCUT2D eigenvalue weighted by molar-refractivity contribution is -0.184. The molecule has 0 unspecified atom stereocenters. The maximum atomic E-state index is 13.4. The van der Waals surface area contributed by atoms with Crippen molar-refractivity contribution in [1.82, 2.24) is 5.32 Å².